The Kier molecular flexibility index (Phi) is 5.31. The summed E-state index contributed by atoms with van der Waals surface area (Å²) in [5.74, 6) is 0. The van der Waals surface area contributed by atoms with Gasteiger partial charge in [0, 0.05) is 17.1 Å². The maximum absolute atomic E-state index is 11.1. The number of likely N-dealkylation sites (N-methyl/N-ethyl adjacent to an activating group) is 1. The summed E-state index contributed by atoms with van der Waals surface area (Å²) in [5.41, 5.74) is 3.03. The monoisotopic (exact) mass is 260 g/mol. The first-order valence-corrected chi connectivity index (χ1v) is 6.80. The van der Waals surface area contributed by atoms with E-state index in [4.69, 9.17) is 0 Å². The van der Waals surface area contributed by atoms with Crippen LogP contribution in [0.3, 0.4) is 0 Å². The second kappa shape index (κ2) is 6.53. The van der Waals surface area contributed by atoms with Crippen LogP contribution < -0.4 is 5.32 Å². The second-order valence-corrected chi connectivity index (χ2v) is 4.83. The topological polar surface area (TPSA) is 44.9 Å². The first kappa shape index (κ1) is 15.4. The number of aldehydes is 1. The number of benzene rings is 1. The van der Waals surface area contributed by atoms with Crippen molar-refractivity contribution in [1.29, 1.82) is 0 Å². The molecule has 1 aromatic carbocycles. The number of hydrogen-bond acceptors (Lipinski definition) is 2. The van der Waals surface area contributed by atoms with Gasteiger partial charge in [0.1, 0.15) is 6.29 Å². The van der Waals surface area contributed by atoms with Crippen LogP contribution in [0.1, 0.15) is 31.9 Å². The Morgan fingerprint density at radius 1 is 1.37 bits per heavy atom. The minimum absolute atomic E-state index is 0.500. The zero-order chi connectivity index (χ0) is 14.5. The van der Waals surface area contributed by atoms with Gasteiger partial charge in [-0.1, -0.05) is 26.0 Å². The molecule has 0 amide bonds. The Balaban J connectivity index is 0.000000861. The Morgan fingerprint density at radius 2 is 2.05 bits per heavy atom. The molecule has 0 aliphatic heterocycles. The van der Waals surface area contributed by atoms with Crippen molar-refractivity contribution in [3.8, 4) is 0 Å². The lowest BCUT2D eigenvalue weighted by Crippen LogP contribution is -2.43. The summed E-state index contributed by atoms with van der Waals surface area (Å²) < 4.78 is 0. The molecule has 2 aromatic rings. The summed E-state index contributed by atoms with van der Waals surface area (Å²) in [6.45, 7) is 7.98. The van der Waals surface area contributed by atoms with E-state index in [1.807, 2.05) is 34.0 Å². The highest BCUT2D eigenvalue weighted by molar-refractivity contribution is 5.84. The molecule has 2 N–H and O–H groups in total. The molecule has 1 atom stereocenters. The number of H-pyrrole nitrogens is 1. The van der Waals surface area contributed by atoms with Gasteiger partial charge < -0.3 is 15.1 Å². The SMILES string of the molecule is CC.CN[C@](C)(C=O)Cc1c[nH]c2cc(C)ccc12. The van der Waals surface area contributed by atoms with Crippen molar-refractivity contribution in [3.63, 3.8) is 0 Å². The van der Waals surface area contributed by atoms with Crippen LogP contribution >= 0.6 is 0 Å². The minimum atomic E-state index is -0.500. The van der Waals surface area contributed by atoms with Crippen LogP contribution in [0.2, 0.25) is 0 Å². The van der Waals surface area contributed by atoms with Gasteiger partial charge in [0.05, 0.1) is 5.54 Å². The highest BCUT2D eigenvalue weighted by atomic mass is 16.1. The van der Waals surface area contributed by atoms with E-state index in [0.29, 0.717) is 6.42 Å². The average Bonchev–Trinajstić information content (AvgIpc) is 2.83. The normalized spacial score (nSPS) is 13.5. The third kappa shape index (κ3) is 3.44. The first-order chi connectivity index (χ1) is 9.08. The number of aromatic amines is 1. The highest BCUT2D eigenvalue weighted by Gasteiger charge is 2.22. The van der Waals surface area contributed by atoms with Gasteiger partial charge in [-0.2, -0.15) is 0 Å². The Labute approximate surface area is 115 Å². The predicted octanol–water partition coefficient (Wildman–Crippen LogP) is 3.22. The molecule has 2 rings (SSSR count). The van der Waals surface area contributed by atoms with E-state index in [2.05, 4.69) is 35.4 Å². The van der Waals surface area contributed by atoms with E-state index in [9.17, 15) is 4.79 Å². The van der Waals surface area contributed by atoms with Gasteiger partial charge in [0.2, 0.25) is 0 Å². The third-order valence-corrected chi connectivity index (χ3v) is 3.31. The zero-order valence-electron chi connectivity index (χ0n) is 12.5. The van der Waals surface area contributed by atoms with Gasteiger partial charge in [0.25, 0.3) is 0 Å². The lowest BCUT2D eigenvalue weighted by Gasteiger charge is -2.21. The molecule has 3 nitrogen and oxygen atoms in total. The van der Waals surface area contributed by atoms with E-state index in [1.54, 1.807) is 0 Å². The van der Waals surface area contributed by atoms with E-state index < -0.39 is 5.54 Å². The molecule has 3 heteroatoms. The summed E-state index contributed by atoms with van der Waals surface area (Å²) in [5, 5.41) is 4.25. The fourth-order valence-corrected chi connectivity index (χ4v) is 2.03. The zero-order valence-corrected chi connectivity index (χ0v) is 12.5. The van der Waals surface area contributed by atoms with Gasteiger partial charge in [-0.05, 0) is 44.5 Å². The molecule has 0 saturated carbocycles. The Bertz CT molecular complexity index is 545. The molecule has 0 aliphatic rings. The maximum Gasteiger partial charge on any atom is 0.140 e. The fourth-order valence-electron chi connectivity index (χ4n) is 2.03. The van der Waals surface area contributed by atoms with E-state index >= 15 is 0 Å². The molecule has 0 radical (unpaired) electrons. The molecule has 0 bridgehead atoms. The number of nitrogens with one attached hydrogen (secondary N) is 2. The predicted molar refractivity (Wildman–Crippen MR) is 81.6 cm³/mol. The third-order valence-electron chi connectivity index (χ3n) is 3.31. The van der Waals surface area contributed by atoms with Crippen LogP contribution in [0.4, 0.5) is 0 Å². The summed E-state index contributed by atoms with van der Waals surface area (Å²) in [6, 6.07) is 6.32. The smallest absolute Gasteiger partial charge is 0.140 e. The summed E-state index contributed by atoms with van der Waals surface area (Å²) in [6.07, 6.45) is 3.65. The largest absolute Gasteiger partial charge is 0.361 e. The van der Waals surface area contributed by atoms with Crippen LogP contribution in [0.25, 0.3) is 10.9 Å². The summed E-state index contributed by atoms with van der Waals surface area (Å²) in [4.78, 5) is 14.4. The van der Waals surface area contributed by atoms with Gasteiger partial charge in [-0.15, -0.1) is 0 Å². The van der Waals surface area contributed by atoms with Crippen molar-refractivity contribution < 1.29 is 4.79 Å². The van der Waals surface area contributed by atoms with Crippen molar-refractivity contribution >= 4 is 17.2 Å². The summed E-state index contributed by atoms with van der Waals surface area (Å²) in [7, 11) is 1.81. The van der Waals surface area contributed by atoms with Gasteiger partial charge in [0.15, 0.2) is 0 Å². The molecule has 0 aliphatic carbocycles. The van der Waals surface area contributed by atoms with Crippen LogP contribution in [-0.4, -0.2) is 23.9 Å². The number of carbonyl (C=O) groups excluding carboxylic acids is 1. The van der Waals surface area contributed by atoms with Crippen LogP contribution in [0.15, 0.2) is 24.4 Å². The number of hydrogen-bond donors (Lipinski definition) is 2. The lowest BCUT2D eigenvalue weighted by molar-refractivity contribution is -0.112. The standard InChI is InChI=1S/C14H18N2O.C2H6/c1-10-4-5-12-11(8-16-13(12)6-10)7-14(2,9-17)15-3;1-2/h4-6,8-9,15-16H,7H2,1-3H3;1-2H3/t14-;/m0./s1. The lowest BCUT2D eigenvalue weighted by atomic mass is 9.94. The molecule has 104 valence electrons. The number of rotatable bonds is 4. The Morgan fingerprint density at radius 3 is 2.63 bits per heavy atom. The second-order valence-electron chi connectivity index (χ2n) is 4.83. The molecule has 0 spiro atoms. The van der Waals surface area contributed by atoms with Crippen molar-refractivity contribution in [1.82, 2.24) is 10.3 Å². The summed E-state index contributed by atoms with van der Waals surface area (Å²) >= 11 is 0. The van der Waals surface area contributed by atoms with Crippen molar-refractivity contribution in [2.24, 2.45) is 0 Å². The van der Waals surface area contributed by atoms with Crippen molar-refractivity contribution in [3.05, 3.63) is 35.5 Å². The van der Waals surface area contributed by atoms with E-state index in [-0.39, 0.29) is 0 Å². The molecular formula is C16H24N2O. The van der Waals surface area contributed by atoms with Gasteiger partial charge in [-0.25, -0.2) is 0 Å². The molecular weight excluding hydrogens is 236 g/mol. The van der Waals surface area contributed by atoms with Crippen LogP contribution in [0, 0.1) is 6.92 Å². The maximum atomic E-state index is 11.1. The number of aryl methyl sites for hydroxylation is 1. The van der Waals surface area contributed by atoms with E-state index in [0.717, 1.165) is 11.8 Å². The molecule has 0 unspecified atom stereocenters. The highest BCUT2D eigenvalue weighted by Crippen LogP contribution is 2.22. The fraction of sp³-hybridized carbons (Fsp3) is 0.438. The van der Waals surface area contributed by atoms with Crippen molar-refractivity contribution in [2.75, 3.05) is 7.05 Å². The minimum Gasteiger partial charge on any atom is -0.361 e. The van der Waals surface area contributed by atoms with E-state index in [1.165, 1.54) is 16.5 Å². The molecule has 0 saturated heterocycles. The average molecular weight is 260 g/mol. The number of fused-ring (bicyclic) bond motifs is 1. The Hall–Kier alpha value is -1.61. The molecule has 1 heterocycles. The number of carbonyl (C=O) groups is 1. The van der Waals surface area contributed by atoms with Gasteiger partial charge in [-0.3, -0.25) is 0 Å². The van der Waals surface area contributed by atoms with Crippen LogP contribution in [-0.2, 0) is 11.2 Å². The van der Waals surface area contributed by atoms with Crippen LogP contribution in [0.5, 0.6) is 0 Å². The molecule has 19 heavy (non-hydrogen) atoms. The molecule has 0 fully saturated rings. The van der Waals surface area contributed by atoms with Gasteiger partial charge >= 0.3 is 0 Å². The quantitative estimate of drug-likeness (QED) is 0.829. The number of aromatic nitrogens is 1. The first-order valence-electron chi connectivity index (χ1n) is 6.80. The van der Waals surface area contributed by atoms with Crippen molar-refractivity contribution in [2.45, 2.75) is 39.7 Å². The molecule has 1 aromatic heterocycles.